The molecule has 0 amide bonds. The zero-order valence-corrected chi connectivity index (χ0v) is 7.90. The number of rotatable bonds is 0. The molecular formula is C12H8N2O. The molecule has 0 spiro atoms. The Morgan fingerprint density at radius 3 is 2.93 bits per heavy atom. The first-order valence-corrected chi connectivity index (χ1v) is 4.70. The number of aromatic amines is 1. The van der Waals surface area contributed by atoms with Crippen molar-refractivity contribution >= 4 is 10.8 Å². The number of pyridine rings is 2. The molecule has 0 aromatic heterocycles. The van der Waals surface area contributed by atoms with Crippen LogP contribution < -0.4 is 5.43 Å². The molecule has 2 aliphatic heterocycles. The number of H-pyrrole nitrogens is 1. The van der Waals surface area contributed by atoms with Crippen LogP contribution in [0.3, 0.4) is 0 Å². The second-order valence-corrected chi connectivity index (χ2v) is 3.44. The molecule has 3 rings (SSSR count). The first-order chi connectivity index (χ1) is 7.36. The summed E-state index contributed by atoms with van der Waals surface area (Å²) in [6, 6.07) is 7.81. The molecule has 0 unspecified atom stereocenters. The average molecular weight is 196 g/mol. The van der Waals surface area contributed by atoms with Crippen LogP contribution in [0.15, 0.2) is 47.7 Å². The van der Waals surface area contributed by atoms with E-state index in [4.69, 9.17) is 0 Å². The third kappa shape index (κ3) is 1.13. The van der Waals surface area contributed by atoms with E-state index in [2.05, 4.69) is 9.97 Å². The van der Waals surface area contributed by atoms with Crippen LogP contribution in [0.2, 0.25) is 0 Å². The van der Waals surface area contributed by atoms with E-state index in [0.29, 0.717) is 5.56 Å². The molecule has 72 valence electrons. The Hall–Kier alpha value is -2.16. The number of nitrogens with zero attached hydrogens (tertiary/aromatic N) is 1. The minimum absolute atomic E-state index is 0.0412. The summed E-state index contributed by atoms with van der Waals surface area (Å²) in [5.74, 6) is 0. The van der Waals surface area contributed by atoms with Crippen molar-refractivity contribution in [2.75, 3.05) is 0 Å². The lowest BCUT2D eigenvalue weighted by atomic mass is 10.0. The largest absolute Gasteiger partial charge is 0.359 e. The standard InChI is InChI=1S/C12H8N2O/c15-11-7-13-6-10-12(11)9-4-2-1-3-8(9)5-14-10/h1-7,14H. The van der Waals surface area contributed by atoms with Crippen molar-refractivity contribution < 1.29 is 0 Å². The monoisotopic (exact) mass is 196 g/mol. The Morgan fingerprint density at radius 2 is 2.00 bits per heavy atom. The van der Waals surface area contributed by atoms with Crippen LogP contribution in [-0.2, 0) is 0 Å². The van der Waals surface area contributed by atoms with E-state index >= 15 is 0 Å². The van der Waals surface area contributed by atoms with Gasteiger partial charge in [0.2, 0.25) is 5.43 Å². The lowest BCUT2D eigenvalue weighted by molar-refractivity contribution is 1.23. The molecule has 1 aromatic rings. The van der Waals surface area contributed by atoms with E-state index in [1.165, 1.54) is 6.20 Å². The van der Waals surface area contributed by atoms with Gasteiger partial charge >= 0.3 is 0 Å². The Balaban J connectivity index is 2.63. The quantitative estimate of drug-likeness (QED) is 0.559. The third-order valence-corrected chi connectivity index (χ3v) is 2.52. The number of hydrogen-bond donors (Lipinski definition) is 1. The molecule has 0 saturated carbocycles. The van der Waals surface area contributed by atoms with Crippen LogP contribution in [0.5, 0.6) is 0 Å². The van der Waals surface area contributed by atoms with Crippen molar-refractivity contribution in [3.05, 3.63) is 53.1 Å². The topological polar surface area (TPSA) is 45.8 Å². The van der Waals surface area contributed by atoms with Crippen LogP contribution in [0, 0.1) is 0 Å². The maximum Gasteiger partial charge on any atom is 0.206 e. The van der Waals surface area contributed by atoms with Crippen LogP contribution >= 0.6 is 0 Å². The van der Waals surface area contributed by atoms with E-state index in [-0.39, 0.29) is 5.43 Å². The van der Waals surface area contributed by atoms with Gasteiger partial charge in [-0.3, -0.25) is 9.78 Å². The van der Waals surface area contributed by atoms with Gasteiger partial charge in [-0.2, -0.15) is 0 Å². The van der Waals surface area contributed by atoms with E-state index in [9.17, 15) is 4.79 Å². The average Bonchev–Trinajstić information content (AvgIpc) is 2.29. The third-order valence-electron chi connectivity index (χ3n) is 2.52. The summed E-state index contributed by atoms with van der Waals surface area (Å²) in [5, 5.41) is 2.01. The molecule has 0 aliphatic carbocycles. The Kier molecular flexibility index (Phi) is 1.59. The fourth-order valence-corrected chi connectivity index (χ4v) is 1.83. The molecule has 0 saturated heterocycles. The van der Waals surface area contributed by atoms with Gasteiger partial charge in [0.25, 0.3) is 0 Å². The Bertz CT molecular complexity index is 657. The fourth-order valence-electron chi connectivity index (χ4n) is 1.83. The smallest absolute Gasteiger partial charge is 0.206 e. The maximum atomic E-state index is 11.7. The summed E-state index contributed by atoms with van der Waals surface area (Å²) in [4.78, 5) is 18.7. The van der Waals surface area contributed by atoms with Crippen LogP contribution in [0.4, 0.5) is 0 Å². The van der Waals surface area contributed by atoms with Crippen molar-refractivity contribution in [1.29, 1.82) is 0 Å². The summed E-state index contributed by atoms with van der Waals surface area (Å²) in [5.41, 5.74) is 1.45. The first-order valence-electron chi connectivity index (χ1n) is 4.70. The number of hydrogen-bond acceptors (Lipinski definition) is 2. The van der Waals surface area contributed by atoms with Gasteiger partial charge in [0.15, 0.2) is 0 Å². The summed E-state index contributed by atoms with van der Waals surface area (Å²) in [7, 11) is 0. The highest BCUT2D eigenvalue weighted by Gasteiger charge is 2.09. The van der Waals surface area contributed by atoms with Crippen molar-refractivity contribution in [3.63, 3.8) is 0 Å². The van der Waals surface area contributed by atoms with Crippen LogP contribution in [-0.4, -0.2) is 9.97 Å². The predicted octanol–water partition coefficient (Wildman–Crippen LogP) is 2.03. The molecule has 3 heteroatoms. The highest BCUT2D eigenvalue weighted by molar-refractivity contribution is 5.95. The number of fused-ring (bicyclic) bond motifs is 3. The molecule has 0 fully saturated rings. The summed E-state index contributed by atoms with van der Waals surface area (Å²) in [6.45, 7) is 0. The minimum Gasteiger partial charge on any atom is -0.359 e. The SMILES string of the molecule is O=c1cncc2[nH]cc3ccccc3c1-2. The van der Waals surface area contributed by atoms with Crippen molar-refractivity contribution in [2.24, 2.45) is 0 Å². The van der Waals surface area contributed by atoms with Crippen molar-refractivity contribution in [3.8, 4) is 11.3 Å². The molecule has 0 atom stereocenters. The van der Waals surface area contributed by atoms with Crippen LogP contribution in [0.25, 0.3) is 22.0 Å². The minimum atomic E-state index is -0.0412. The normalized spacial score (nSPS) is 10.9. The molecule has 3 nitrogen and oxygen atoms in total. The van der Waals surface area contributed by atoms with Gasteiger partial charge in [0.05, 0.1) is 23.7 Å². The molecule has 15 heavy (non-hydrogen) atoms. The number of nitrogens with one attached hydrogen (secondary N) is 1. The lowest BCUT2D eigenvalue weighted by Crippen LogP contribution is -2.07. The zero-order chi connectivity index (χ0) is 10.3. The molecule has 2 heterocycles. The zero-order valence-electron chi connectivity index (χ0n) is 7.90. The van der Waals surface area contributed by atoms with Gasteiger partial charge in [-0.05, 0) is 10.8 Å². The summed E-state index contributed by atoms with van der Waals surface area (Å²) >= 11 is 0. The van der Waals surface area contributed by atoms with Crippen molar-refractivity contribution in [2.45, 2.75) is 0 Å². The second kappa shape index (κ2) is 2.92. The van der Waals surface area contributed by atoms with Gasteiger partial charge in [-0.15, -0.1) is 0 Å². The van der Waals surface area contributed by atoms with Crippen LogP contribution in [0.1, 0.15) is 0 Å². The van der Waals surface area contributed by atoms with E-state index in [0.717, 1.165) is 16.5 Å². The van der Waals surface area contributed by atoms with Gasteiger partial charge in [-0.1, -0.05) is 24.3 Å². The molecule has 1 aromatic carbocycles. The lowest BCUT2D eigenvalue weighted by Gasteiger charge is -2.07. The van der Waals surface area contributed by atoms with Crippen molar-refractivity contribution in [1.82, 2.24) is 9.97 Å². The van der Waals surface area contributed by atoms with E-state index < -0.39 is 0 Å². The Labute approximate surface area is 85.8 Å². The molecule has 0 bridgehead atoms. The molecule has 1 N–H and O–H groups in total. The summed E-state index contributed by atoms with van der Waals surface area (Å²) < 4.78 is 0. The fraction of sp³-hybridized carbons (Fsp3) is 0. The number of benzene rings is 1. The van der Waals surface area contributed by atoms with Gasteiger partial charge in [-0.25, -0.2) is 0 Å². The molecule has 2 aliphatic rings. The first kappa shape index (κ1) is 8.17. The predicted molar refractivity (Wildman–Crippen MR) is 59.0 cm³/mol. The van der Waals surface area contributed by atoms with Gasteiger partial charge < -0.3 is 4.98 Å². The van der Waals surface area contributed by atoms with E-state index in [1.807, 2.05) is 30.5 Å². The Morgan fingerprint density at radius 1 is 1.13 bits per heavy atom. The maximum absolute atomic E-state index is 11.7. The van der Waals surface area contributed by atoms with E-state index in [1.54, 1.807) is 6.20 Å². The highest BCUT2D eigenvalue weighted by atomic mass is 16.1. The second-order valence-electron chi connectivity index (χ2n) is 3.44. The summed E-state index contributed by atoms with van der Waals surface area (Å²) in [6.07, 6.45) is 4.91. The highest BCUT2D eigenvalue weighted by Crippen LogP contribution is 2.24. The van der Waals surface area contributed by atoms with Gasteiger partial charge in [0, 0.05) is 6.20 Å². The molecular weight excluding hydrogens is 188 g/mol. The van der Waals surface area contributed by atoms with Gasteiger partial charge in [0.1, 0.15) is 0 Å². The number of aromatic nitrogens is 2. The molecule has 0 radical (unpaired) electrons.